The summed E-state index contributed by atoms with van der Waals surface area (Å²) in [6.07, 6.45) is 3.00. The summed E-state index contributed by atoms with van der Waals surface area (Å²) >= 11 is 7.76. The van der Waals surface area contributed by atoms with Gasteiger partial charge in [0.05, 0.1) is 11.3 Å². The van der Waals surface area contributed by atoms with Crippen LogP contribution in [0.4, 0.5) is 0 Å². The Morgan fingerprint density at radius 2 is 1.88 bits per heavy atom. The summed E-state index contributed by atoms with van der Waals surface area (Å²) in [5, 5.41) is 5.86. The molecule has 0 saturated carbocycles. The zero-order valence-electron chi connectivity index (χ0n) is 18.0. The third kappa shape index (κ3) is 4.17. The standard InChI is InChI=1S/C25H23ClN4OS/c1-15(2)16-7-9-17(10-8-16)19-11-22-20(23(31)12-19)13-30-24(27-22)28-25(29-30)32-14-18-5-3-4-6-21(18)26/h3-10,13,15,19H,11-12,14H2,1-2H3/t19-/m0/s1. The fourth-order valence-electron chi connectivity index (χ4n) is 4.07. The molecule has 1 aliphatic carbocycles. The van der Waals surface area contributed by atoms with Gasteiger partial charge < -0.3 is 0 Å². The van der Waals surface area contributed by atoms with Crippen LogP contribution in [0.3, 0.4) is 0 Å². The topological polar surface area (TPSA) is 60.2 Å². The summed E-state index contributed by atoms with van der Waals surface area (Å²) in [5.41, 5.74) is 4.99. The van der Waals surface area contributed by atoms with Crippen LogP contribution in [0.15, 0.2) is 59.9 Å². The van der Waals surface area contributed by atoms with Gasteiger partial charge >= 0.3 is 0 Å². The number of carbonyl (C=O) groups is 1. The second-order valence-electron chi connectivity index (χ2n) is 8.47. The van der Waals surface area contributed by atoms with Crippen LogP contribution in [-0.4, -0.2) is 25.4 Å². The Bertz CT molecular complexity index is 1300. The summed E-state index contributed by atoms with van der Waals surface area (Å²) in [5.74, 6) is 1.94. The van der Waals surface area contributed by atoms with E-state index < -0.39 is 0 Å². The van der Waals surface area contributed by atoms with E-state index in [0.29, 0.717) is 34.6 Å². The Morgan fingerprint density at radius 3 is 2.62 bits per heavy atom. The van der Waals surface area contributed by atoms with E-state index >= 15 is 0 Å². The van der Waals surface area contributed by atoms with Gasteiger partial charge in [-0.15, -0.1) is 5.10 Å². The number of hydrogen-bond donors (Lipinski definition) is 0. The highest BCUT2D eigenvalue weighted by Gasteiger charge is 2.28. The van der Waals surface area contributed by atoms with Gasteiger partial charge in [-0.3, -0.25) is 4.79 Å². The van der Waals surface area contributed by atoms with Gasteiger partial charge in [-0.25, -0.2) is 9.50 Å². The van der Waals surface area contributed by atoms with Crippen molar-refractivity contribution in [3.8, 4) is 0 Å². The highest BCUT2D eigenvalue weighted by molar-refractivity contribution is 7.98. The summed E-state index contributed by atoms with van der Waals surface area (Å²) in [7, 11) is 0. The van der Waals surface area contributed by atoms with Crippen LogP contribution in [0.5, 0.6) is 0 Å². The molecule has 2 heterocycles. The van der Waals surface area contributed by atoms with Crippen LogP contribution in [0.1, 0.15) is 64.8 Å². The molecule has 5 nitrogen and oxygen atoms in total. The van der Waals surface area contributed by atoms with E-state index in [1.165, 1.54) is 22.9 Å². The molecule has 1 atom stereocenters. The Balaban J connectivity index is 1.38. The molecule has 2 aromatic carbocycles. The number of hydrogen-bond acceptors (Lipinski definition) is 5. The average molecular weight is 463 g/mol. The molecule has 0 saturated heterocycles. The lowest BCUT2D eigenvalue weighted by Crippen LogP contribution is -2.21. The predicted molar refractivity (Wildman–Crippen MR) is 128 cm³/mol. The normalized spacial score (nSPS) is 16.0. The fraction of sp³-hybridized carbons (Fsp3) is 0.280. The number of ketones is 1. The van der Waals surface area contributed by atoms with E-state index in [1.807, 2.05) is 24.3 Å². The lowest BCUT2D eigenvalue weighted by Gasteiger charge is -2.23. The Morgan fingerprint density at radius 1 is 1.09 bits per heavy atom. The van der Waals surface area contributed by atoms with Gasteiger partial charge in [0, 0.05) is 23.4 Å². The van der Waals surface area contributed by atoms with E-state index in [2.05, 4.69) is 48.2 Å². The molecule has 0 unspecified atom stereocenters. The smallest absolute Gasteiger partial charge is 0.253 e. The van der Waals surface area contributed by atoms with E-state index in [9.17, 15) is 4.79 Å². The molecule has 0 fully saturated rings. The van der Waals surface area contributed by atoms with E-state index in [1.54, 1.807) is 10.7 Å². The molecule has 0 spiro atoms. The molecule has 4 aromatic rings. The third-order valence-electron chi connectivity index (χ3n) is 5.95. The number of halogens is 1. The van der Waals surface area contributed by atoms with Crippen molar-refractivity contribution in [2.75, 3.05) is 0 Å². The predicted octanol–water partition coefficient (Wildman–Crippen LogP) is 6.11. The summed E-state index contributed by atoms with van der Waals surface area (Å²) in [4.78, 5) is 22.2. The van der Waals surface area contributed by atoms with Crippen molar-refractivity contribution < 1.29 is 4.79 Å². The van der Waals surface area contributed by atoms with Gasteiger partial charge in [-0.05, 0) is 41.0 Å². The van der Waals surface area contributed by atoms with Crippen molar-refractivity contribution in [3.63, 3.8) is 0 Å². The van der Waals surface area contributed by atoms with E-state index in [-0.39, 0.29) is 11.7 Å². The Labute approximate surface area is 196 Å². The number of thioether (sulfide) groups is 1. The SMILES string of the molecule is CC(C)c1ccc([C@@H]2CC(=O)c3cn4nc(SCc5ccccc5Cl)nc4nc3C2)cc1. The zero-order valence-corrected chi connectivity index (χ0v) is 19.5. The summed E-state index contributed by atoms with van der Waals surface area (Å²) in [6, 6.07) is 16.4. The first-order valence-corrected chi connectivity index (χ1v) is 12.1. The molecule has 162 valence electrons. The van der Waals surface area contributed by atoms with Crippen molar-refractivity contribution in [3.05, 3.63) is 87.7 Å². The van der Waals surface area contributed by atoms with Crippen molar-refractivity contribution in [2.24, 2.45) is 0 Å². The lowest BCUT2D eigenvalue weighted by molar-refractivity contribution is 0.0962. The lowest BCUT2D eigenvalue weighted by atomic mass is 9.81. The molecule has 2 aromatic heterocycles. The van der Waals surface area contributed by atoms with Crippen LogP contribution < -0.4 is 0 Å². The molecule has 5 rings (SSSR count). The number of rotatable bonds is 5. The monoisotopic (exact) mass is 462 g/mol. The largest absolute Gasteiger partial charge is 0.294 e. The van der Waals surface area contributed by atoms with Crippen molar-refractivity contribution in [1.82, 2.24) is 19.6 Å². The van der Waals surface area contributed by atoms with Crippen molar-refractivity contribution in [1.29, 1.82) is 0 Å². The maximum atomic E-state index is 12.9. The maximum absolute atomic E-state index is 12.9. The number of aromatic nitrogens is 4. The van der Waals surface area contributed by atoms with Crippen LogP contribution in [-0.2, 0) is 12.2 Å². The molecule has 32 heavy (non-hydrogen) atoms. The molecule has 0 radical (unpaired) electrons. The van der Waals surface area contributed by atoms with Crippen LogP contribution >= 0.6 is 23.4 Å². The second kappa shape index (κ2) is 8.68. The van der Waals surface area contributed by atoms with E-state index in [4.69, 9.17) is 16.6 Å². The minimum Gasteiger partial charge on any atom is -0.294 e. The van der Waals surface area contributed by atoms with Gasteiger partial charge in [0.15, 0.2) is 5.78 Å². The molecule has 0 bridgehead atoms. The Hall–Kier alpha value is -2.70. The quantitative estimate of drug-likeness (QED) is 0.335. The minimum absolute atomic E-state index is 0.111. The molecule has 0 aliphatic heterocycles. The summed E-state index contributed by atoms with van der Waals surface area (Å²) < 4.78 is 1.61. The highest BCUT2D eigenvalue weighted by Crippen LogP contribution is 2.33. The van der Waals surface area contributed by atoms with Gasteiger partial charge in [0.25, 0.3) is 5.78 Å². The van der Waals surface area contributed by atoms with Gasteiger partial charge in [-0.1, -0.05) is 79.7 Å². The highest BCUT2D eigenvalue weighted by atomic mass is 35.5. The third-order valence-corrected chi connectivity index (χ3v) is 7.21. The van der Waals surface area contributed by atoms with Crippen LogP contribution in [0.2, 0.25) is 5.02 Å². The fourth-order valence-corrected chi connectivity index (χ4v) is 5.18. The van der Waals surface area contributed by atoms with Crippen molar-refractivity contribution >= 4 is 34.9 Å². The van der Waals surface area contributed by atoms with Crippen molar-refractivity contribution in [2.45, 2.75) is 49.4 Å². The van der Waals surface area contributed by atoms with Gasteiger partial charge in [0.1, 0.15) is 0 Å². The molecular weight excluding hydrogens is 440 g/mol. The first-order valence-electron chi connectivity index (χ1n) is 10.7. The maximum Gasteiger partial charge on any atom is 0.253 e. The summed E-state index contributed by atoms with van der Waals surface area (Å²) in [6.45, 7) is 4.37. The van der Waals surface area contributed by atoms with Gasteiger partial charge in [0.2, 0.25) is 5.16 Å². The number of carbonyl (C=O) groups excluding carboxylic acids is 1. The number of fused-ring (bicyclic) bond motifs is 2. The Kier molecular flexibility index (Phi) is 5.74. The molecule has 0 N–H and O–H groups in total. The minimum atomic E-state index is 0.111. The molecule has 1 aliphatic rings. The van der Waals surface area contributed by atoms with Gasteiger partial charge in [-0.2, -0.15) is 4.98 Å². The van der Waals surface area contributed by atoms with Crippen LogP contribution in [0.25, 0.3) is 5.78 Å². The van der Waals surface area contributed by atoms with E-state index in [0.717, 1.165) is 22.7 Å². The molecule has 0 amide bonds. The van der Waals surface area contributed by atoms with Crippen LogP contribution in [0, 0.1) is 0 Å². The number of nitrogens with zero attached hydrogens (tertiary/aromatic N) is 4. The number of Topliss-reactive ketones (excluding diaryl/α,β-unsaturated/α-hetero) is 1. The first-order chi connectivity index (χ1) is 15.5. The molecule has 7 heteroatoms. The average Bonchev–Trinajstić information content (AvgIpc) is 3.19. The molecular formula is C25H23ClN4OS. The second-order valence-corrected chi connectivity index (χ2v) is 9.82. The number of benzene rings is 2. The first kappa shape index (κ1) is 21.2. The zero-order chi connectivity index (χ0) is 22.2.